The Kier molecular flexibility index (Phi) is 5.76. The molecule has 1 heterocycles. The number of hydrogen-bond donors (Lipinski definition) is 1. The van der Waals surface area contributed by atoms with Gasteiger partial charge in [0.15, 0.2) is 11.5 Å². The van der Waals surface area contributed by atoms with E-state index in [4.69, 9.17) is 32.7 Å². The number of carbonyl (C=O) groups is 1. The molecule has 126 valence electrons. The highest BCUT2D eigenvalue weighted by molar-refractivity contribution is 7.99. The van der Waals surface area contributed by atoms with E-state index in [0.29, 0.717) is 52.0 Å². The molecule has 0 aliphatic carbocycles. The van der Waals surface area contributed by atoms with Crippen molar-refractivity contribution in [3.05, 3.63) is 52.0 Å². The van der Waals surface area contributed by atoms with Gasteiger partial charge in [0, 0.05) is 17.5 Å². The lowest BCUT2D eigenvalue weighted by Crippen LogP contribution is -2.17. The Morgan fingerprint density at radius 3 is 2.62 bits per heavy atom. The second-order valence-electron chi connectivity index (χ2n) is 5.15. The van der Waals surface area contributed by atoms with Crippen LogP contribution in [0.3, 0.4) is 0 Å². The molecule has 3 rings (SSSR count). The number of benzene rings is 2. The van der Waals surface area contributed by atoms with Crippen LogP contribution >= 0.6 is 35.0 Å². The summed E-state index contributed by atoms with van der Waals surface area (Å²) in [5.74, 6) is 2.31. The zero-order valence-electron chi connectivity index (χ0n) is 12.7. The average molecular weight is 384 g/mol. The van der Waals surface area contributed by atoms with E-state index >= 15 is 0 Å². The van der Waals surface area contributed by atoms with Crippen molar-refractivity contribution in [3.8, 4) is 11.5 Å². The lowest BCUT2D eigenvalue weighted by atomic mass is 10.2. The van der Waals surface area contributed by atoms with Crippen molar-refractivity contribution in [2.24, 2.45) is 0 Å². The molecule has 0 saturated heterocycles. The lowest BCUT2D eigenvalue weighted by Gasteiger charge is -2.19. The van der Waals surface area contributed by atoms with Crippen LogP contribution in [0.1, 0.15) is 5.56 Å². The molecule has 0 atom stereocenters. The van der Waals surface area contributed by atoms with Gasteiger partial charge in [-0.1, -0.05) is 29.3 Å². The summed E-state index contributed by atoms with van der Waals surface area (Å²) in [6, 6.07) is 10.8. The van der Waals surface area contributed by atoms with Gasteiger partial charge in [-0.25, -0.2) is 0 Å². The highest BCUT2D eigenvalue weighted by Gasteiger charge is 2.12. The molecule has 0 radical (unpaired) electrons. The molecular formula is C17H15Cl2NO3S. The molecule has 24 heavy (non-hydrogen) atoms. The zero-order valence-corrected chi connectivity index (χ0v) is 15.0. The fourth-order valence-corrected chi connectivity index (χ4v) is 3.30. The number of ether oxygens (including phenoxy) is 2. The summed E-state index contributed by atoms with van der Waals surface area (Å²) < 4.78 is 11.0. The maximum absolute atomic E-state index is 12.0. The van der Waals surface area contributed by atoms with Crippen LogP contribution in [0, 0.1) is 0 Å². The van der Waals surface area contributed by atoms with Crippen LogP contribution in [0.2, 0.25) is 10.0 Å². The molecule has 1 N–H and O–H groups in total. The van der Waals surface area contributed by atoms with Gasteiger partial charge >= 0.3 is 0 Å². The maximum atomic E-state index is 12.0. The predicted octanol–water partition coefficient (Wildman–Crippen LogP) is 4.64. The fourth-order valence-electron chi connectivity index (χ4n) is 2.21. The van der Waals surface area contributed by atoms with Crippen LogP contribution < -0.4 is 14.8 Å². The summed E-state index contributed by atoms with van der Waals surface area (Å²) in [7, 11) is 0. The van der Waals surface area contributed by atoms with Crippen LogP contribution in [-0.2, 0) is 10.5 Å². The highest BCUT2D eigenvalue weighted by atomic mass is 35.5. The van der Waals surface area contributed by atoms with Crippen molar-refractivity contribution >= 4 is 46.6 Å². The minimum atomic E-state index is -0.0725. The third-order valence-corrected chi connectivity index (χ3v) is 5.05. The number of nitrogens with one attached hydrogen (secondary N) is 1. The van der Waals surface area contributed by atoms with Gasteiger partial charge in [0.1, 0.15) is 13.2 Å². The molecule has 0 bridgehead atoms. The molecule has 7 heteroatoms. The normalized spacial score (nSPS) is 12.8. The van der Waals surface area contributed by atoms with Crippen molar-refractivity contribution in [1.82, 2.24) is 0 Å². The van der Waals surface area contributed by atoms with Crippen molar-refractivity contribution in [2.45, 2.75) is 5.75 Å². The summed E-state index contributed by atoms with van der Waals surface area (Å²) in [5, 5.41) is 3.91. The third kappa shape index (κ3) is 4.50. The summed E-state index contributed by atoms with van der Waals surface area (Å²) in [6.45, 7) is 1.06. The van der Waals surface area contributed by atoms with Crippen molar-refractivity contribution in [1.29, 1.82) is 0 Å². The third-order valence-electron chi connectivity index (χ3n) is 3.31. The first-order valence-corrected chi connectivity index (χ1v) is 9.24. The van der Waals surface area contributed by atoms with E-state index in [9.17, 15) is 4.79 Å². The van der Waals surface area contributed by atoms with Gasteiger partial charge in [-0.15, -0.1) is 11.8 Å². The first kappa shape index (κ1) is 17.3. The Balaban J connectivity index is 1.49. The predicted molar refractivity (Wildman–Crippen MR) is 98.7 cm³/mol. The maximum Gasteiger partial charge on any atom is 0.234 e. The zero-order chi connectivity index (χ0) is 16.9. The molecule has 1 aliphatic heterocycles. The number of hydrogen-bond acceptors (Lipinski definition) is 4. The minimum absolute atomic E-state index is 0.0725. The molecular weight excluding hydrogens is 369 g/mol. The van der Waals surface area contributed by atoms with Gasteiger partial charge < -0.3 is 14.8 Å². The smallest absolute Gasteiger partial charge is 0.234 e. The van der Waals surface area contributed by atoms with E-state index in [1.807, 2.05) is 12.1 Å². The number of carbonyl (C=O) groups excluding carboxylic acids is 1. The molecule has 0 fully saturated rings. The number of fused-ring (bicyclic) bond motifs is 1. The Morgan fingerprint density at radius 1 is 1.04 bits per heavy atom. The SMILES string of the molecule is O=C(CSCc1ccc(Cl)c(Cl)c1)Nc1ccc2c(c1)OCCO2. The average Bonchev–Trinajstić information content (AvgIpc) is 2.58. The molecule has 1 aliphatic rings. The molecule has 0 saturated carbocycles. The number of halogens is 2. The summed E-state index contributed by atoms with van der Waals surface area (Å²) in [5.41, 5.74) is 1.72. The Hall–Kier alpha value is -1.56. The number of thioether (sulfide) groups is 1. The van der Waals surface area contributed by atoms with Crippen LogP contribution in [0.15, 0.2) is 36.4 Å². The molecule has 2 aromatic carbocycles. The van der Waals surface area contributed by atoms with E-state index in [-0.39, 0.29) is 5.91 Å². The van der Waals surface area contributed by atoms with Gasteiger partial charge in [-0.05, 0) is 29.8 Å². The Morgan fingerprint density at radius 2 is 1.83 bits per heavy atom. The number of rotatable bonds is 5. The number of amides is 1. The fraction of sp³-hybridized carbons (Fsp3) is 0.235. The molecule has 1 amide bonds. The van der Waals surface area contributed by atoms with Crippen LogP contribution in [0.5, 0.6) is 11.5 Å². The van der Waals surface area contributed by atoms with Gasteiger partial charge in [-0.2, -0.15) is 0 Å². The van der Waals surface area contributed by atoms with Crippen LogP contribution in [0.4, 0.5) is 5.69 Å². The largest absolute Gasteiger partial charge is 0.486 e. The van der Waals surface area contributed by atoms with E-state index in [0.717, 1.165) is 5.56 Å². The Bertz CT molecular complexity index is 755. The first-order valence-electron chi connectivity index (χ1n) is 7.33. The van der Waals surface area contributed by atoms with E-state index in [1.165, 1.54) is 11.8 Å². The van der Waals surface area contributed by atoms with Crippen molar-refractivity contribution < 1.29 is 14.3 Å². The van der Waals surface area contributed by atoms with E-state index in [1.54, 1.807) is 24.3 Å². The van der Waals surface area contributed by atoms with Gasteiger partial charge in [0.2, 0.25) is 5.91 Å². The quantitative estimate of drug-likeness (QED) is 0.816. The standard InChI is InChI=1S/C17H15Cl2NO3S/c18-13-3-1-11(7-14(13)19)9-24-10-17(21)20-12-2-4-15-16(8-12)23-6-5-22-15/h1-4,7-8H,5-6,9-10H2,(H,20,21). The molecule has 0 unspecified atom stereocenters. The Labute approximate surface area is 154 Å². The van der Waals surface area contributed by atoms with Crippen molar-refractivity contribution in [3.63, 3.8) is 0 Å². The molecule has 0 spiro atoms. The molecule has 2 aromatic rings. The first-order chi connectivity index (χ1) is 11.6. The summed E-state index contributed by atoms with van der Waals surface area (Å²) in [6.07, 6.45) is 0. The van der Waals surface area contributed by atoms with Gasteiger partial charge in [0.05, 0.1) is 15.8 Å². The second kappa shape index (κ2) is 8.01. The van der Waals surface area contributed by atoms with Gasteiger partial charge in [-0.3, -0.25) is 4.79 Å². The van der Waals surface area contributed by atoms with E-state index < -0.39 is 0 Å². The topological polar surface area (TPSA) is 47.6 Å². The highest BCUT2D eigenvalue weighted by Crippen LogP contribution is 2.32. The van der Waals surface area contributed by atoms with Crippen LogP contribution in [0.25, 0.3) is 0 Å². The van der Waals surface area contributed by atoms with Gasteiger partial charge in [0.25, 0.3) is 0 Å². The van der Waals surface area contributed by atoms with Crippen LogP contribution in [-0.4, -0.2) is 24.9 Å². The molecule has 0 aromatic heterocycles. The monoisotopic (exact) mass is 383 g/mol. The molecule has 4 nitrogen and oxygen atoms in total. The summed E-state index contributed by atoms with van der Waals surface area (Å²) in [4.78, 5) is 12.0. The second-order valence-corrected chi connectivity index (χ2v) is 6.95. The number of anilines is 1. The van der Waals surface area contributed by atoms with Crippen molar-refractivity contribution in [2.75, 3.05) is 24.3 Å². The lowest BCUT2D eigenvalue weighted by molar-refractivity contribution is -0.113. The minimum Gasteiger partial charge on any atom is -0.486 e. The van der Waals surface area contributed by atoms with E-state index in [2.05, 4.69) is 5.32 Å². The summed E-state index contributed by atoms with van der Waals surface area (Å²) >= 11 is 13.4.